The molecule has 0 aliphatic heterocycles. The fraction of sp³-hybridized carbons (Fsp3) is 0.500. The van der Waals surface area contributed by atoms with Gasteiger partial charge >= 0.3 is 5.97 Å². The first kappa shape index (κ1) is 11.3. The fourth-order valence-electron chi connectivity index (χ4n) is 1.01. The van der Waals surface area contributed by atoms with E-state index in [-0.39, 0.29) is 0 Å². The predicted molar refractivity (Wildman–Crippen MR) is 60.7 cm³/mol. The minimum absolute atomic E-state index is 0.302. The third kappa shape index (κ3) is 2.62. The molecule has 78 valence electrons. The van der Waals surface area contributed by atoms with E-state index in [9.17, 15) is 4.79 Å². The SMILES string of the molecule is CSCCNc1snc(C)c1C(=O)O. The number of aromatic carboxylic acids is 1. The summed E-state index contributed by atoms with van der Waals surface area (Å²) in [5.41, 5.74) is 0.880. The van der Waals surface area contributed by atoms with Crippen LogP contribution in [-0.2, 0) is 0 Å². The molecular weight excluding hydrogens is 220 g/mol. The van der Waals surface area contributed by atoms with Gasteiger partial charge in [0.05, 0.1) is 5.69 Å². The zero-order valence-corrected chi connectivity index (χ0v) is 9.67. The van der Waals surface area contributed by atoms with Crippen molar-refractivity contribution in [2.24, 2.45) is 0 Å². The van der Waals surface area contributed by atoms with Crippen molar-refractivity contribution in [3.05, 3.63) is 11.3 Å². The molecule has 1 aromatic rings. The maximum atomic E-state index is 10.9. The van der Waals surface area contributed by atoms with E-state index in [1.165, 1.54) is 11.5 Å². The Bertz CT molecular complexity index is 325. The van der Waals surface area contributed by atoms with Crippen molar-refractivity contribution >= 4 is 34.3 Å². The zero-order valence-electron chi connectivity index (χ0n) is 8.03. The first-order valence-electron chi connectivity index (χ1n) is 4.09. The van der Waals surface area contributed by atoms with Crippen molar-refractivity contribution in [1.29, 1.82) is 0 Å². The molecule has 0 bridgehead atoms. The van der Waals surface area contributed by atoms with Crippen LogP contribution in [0.3, 0.4) is 0 Å². The quantitative estimate of drug-likeness (QED) is 0.759. The third-order valence-corrected chi connectivity index (χ3v) is 3.18. The average molecular weight is 232 g/mol. The topological polar surface area (TPSA) is 62.2 Å². The van der Waals surface area contributed by atoms with Crippen LogP contribution < -0.4 is 5.32 Å². The smallest absolute Gasteiger partial charge is 0.340 e. The molecule has 0 aliphatic carbocycles. The molecule has 6 heteroatoms. The van der Waals surface area contributed by atoms with Crippen LogP contribution >= 0.6 is 23.3 Å². The summed E-state index contributed by atoms with van der Waals surface area (Å²) >= 11 is 2.92. The summed E-state index contributed by atoms with van der Waals surface area (Å²) in [6.45, 7) is 2.47. The van der Waals surface area contributed by atoms with E-state index in [2.05, 4.69) is 9.69 Å². The summed E-state index contributed by atoms with van der Waals surface area (Å²) < 4.78 is 4.01. The Hall–Kier alpha value is -0.750. The summed E-state index contributed by atoms with van der Waals surface area (Å²) in [6.07, 6.45) is 2.01. The largest absolute Gasteiger partial charge is 0.478 e. The second-order valence-electron chi connectivity index (χ2n) is 2.70. The van der Waals surface area contributed by atoms with Gasteiger partial charge in [-0.2, -0.15) is 16.1 Å². The summed E-state index contributed by atoms with van der Waals surface area (Å²) in [4.78, 5) is 10.9. The van der Waals surface area contributed by atoms with Crippen LogP contribution in [0.2, 0.25) is 0 Å². The average Bonchev–Trinajstić information content (AvgIpc) is 2.47. The van der Waals surface area contributed by atoms with Crippen molar-refractivity contribution in [2.45, 2.75) is 6.92 Å². The molecule has 0 aromatic carbocycles. The van der Waals surface area contributed by atoms with Crippen molar-refractivity contribution in [2.75, 3.05) is 23.9 Å². The number of carboxylic acids is 1. The normalized spacial score (nSPS) is 10.1. The van der Waals surface area contributed by atoms with Crippen molar-refractivity contribution < 1.29 is 9.90 Å². The summed E-state index contributed by atoms with van der Waals surface area (Å²) in [6, 6.07) is 0. The number of hydrogen-bond acceptors (Lipinski definition) is 5. The van der Waals surface area contributed by atoms with Gasteiger partial charge in [0.2, 0.25) is 0 Å². The molecular formula is C8H12N2O2S2. The number of anilines is 1. The lowest BCUT2D eigenvalue weighted by Crippen LogP contribution is -2.07. The molecule has 0 amide bonds. The monoisotopic (exact) mass is 232 g/mol. The van der Waals surface area contributed by atoms with Crippen molar-refractivity contribution in [3.8, 4) is 0 Å². The molecule has 0 unspecified atom stereocenters. The van der Waals surface area contributed by atoms with Crippen LogP contribution in [0.15, 0.2) is 0 Å². The maximum Gasteiger partial charge on any atom is 0.340 e. The lowest BCUT2D eigenvalue weighted by atomic mass is 10.2. The highest BCUT2D eigenvalue weighted by molar-refractivity contribution is 7.98. The van der Waals surface area contributed by atoms with Gasteiger partial charge in [-0.15, -0.1) is 0 Å². The number of rotatable bonds is 5. The van der Waals surface area contributed by atoms with E-state index in [0.29, 0.717) is 16.3 Å². The van der Waals surface area contributed by atoms with Crippen molar-refractivity contribution in [3.63, 3.8) is 0 Å². The Morgan fingerprint density at radius 2 is 2.43 bits per heavy atom. The first-order chi connectivity index (χ1) is 6.66. The van der Waals surface area contributed by atoms with Gasteiger partial charge in [0, 0.05) is 12.3 Å². The highest BCUT2D eigenvalue weighted by Gasteiger charge is 2.16. The van der Waals surface area contributed by atoms with Crippen LogP contribution in [-0.4, -0.2) is 34.0 Å². The summed E-state index contributed by atoms with van der Waals surface area (Å²) in [7, 11) is 0. The number of aromatic nitrogens is 1. The number of carbonyl (C=O) groups is 1. The van der Waals surface area contributed by atoms with Gasteiger partial charge in [-0.3, -0.25) is 0 Å². The number of nitrogens with one attached hydrogen (secondary N) is 1. The Morgan fingerprint density at radius 1 is 1.71 bits per heavy atom. The minimum Gasteiger partial charge on any atom is -0.478 e. The minimum atomic E-state index is -0.914. The van der Waals surface area contributed by atoms with Gasteiger partial charge in [-0.05, 0) is 24.7 Å². The van der Waals surface area contributed by atoms with Gasteiger partial charge in [0.1, 0.15) is 10.6 Å². The molecule has 0 atom stereocenters. The molecule has 0 aliphatic rings. The molecule has 0 saturated carbocycles. The predicted octanol–water partition coefficient (Wildman–Crippen LogP) is 1.92. The molecule has 1 rings (SSSR count). The summed E-state index contributed by atoms with van der Waals surface area (Å²) in [5.74, 6) is 0.0404. The Balaban J connectivity index is 2.71. The van der Waals surface area contributed by atoms with Crippen LogP contribution in [0.25, 0.3) is 0 Å². The summed E-state index contributed by atoms with van der Waals surface area (Å²) in [5, 5.41) is 12.6. The highest BCUT2D eigenvalue weighted by Crippen LogP contribution is 2.24. The molecule has 0 fully saturated rings. The number of thioether (sulfide) groups is 1. The molecule has 4 nitrogen and oxygen atoms in total. The zero-order chi connectivity index (χ0) is 10.6. The number of aryl methyl sites for hydroxylation is 1. The van der Waals surface area contributed by atoms with E-state index >= 15 is 0 Å². The van der Waals surface area contributed by atoms with Gasteiger partial charge in [0.25, 0.3) is 0 Å². The standard InChI is InChI=1S/C8H12N2O2S2/c1-5-6(8(11)12)7(14-10-5)9-3-4-13-2/h9H,3-4H2,1-2H3,(H,11,12). The molecule has 1 aromatic heterocycles. The molecule has 0 saturated heterocycles. The second kappa shape index (κ2) is 5.21. The van der Waals surface area contributed by atoms with E-state index in [4.69, 9.17) is 5.11 Å². The van der Waals surface area contributed by atoms with Gasteiger partial charge in [0.15, 0.2) is 0 Å². The van der Waals surface area contributed by atoms with E-state index in [1.807, 2.05) is 6.26 Å². The van der Waals surface area contributed by atoms with Crippen LogP contribution in [0.5, 0.6) is 0 Å². The molecule has 0 radical (unpaired) electrons. The Labute approximate surface area is 90.9 Å². The lowest BCUT2D eigenvalue weighted by Gasteiger charge is -2.02. The molecule has 2 N–H and O–H groups in total. The van der Waals surface area contributed by atoms with E-state index < -0.39 is 5.97 Å². The fourth-order valence-corrected chi connectivity index (χ4v) is 2.13. The van der Waals surface area contributed by atoms with Crippen LogP contribution in [0, 0.1) is 6.92 Å². The molecule has 1 heterocycles. The first-order valence-corrected chi connectivity index (χ1v) is 6.26. The number of hydrogen-bond donors (Lipinski definition) is 2. The van der Waals surface area contributed by atoms with E-state index in [1.54, 1.807) is 18.7 Å². The lowest BCUT2D eigenvalue weighted by molar-refractivity contribution is 0.0697. The number of nitrogens with zero attached hydrogens (tertiary/aromatic N) is 1. The second-order valence-corrected chi connectivity index (χ2v) is 4.46. The molecule has 14 heavy (non-hydrogen) atoms. The number of carboxylic acid groups (broad SMARTS) is 1. The van der Waals surface area contributed by atoms with Gasteiger partial charge in [-0.25, -0.2) is 4.79 Å². The van der Waals surface area contributed by atoms with Gasteiger partial charge < -0.3 is 10.4 Å². The van der Waals surface area contributed by atoms with Crippen LogP contribution in [0.1, 0.15) is 16.1 Å². The highest BCUT2D eigenvalue weighted by atomic mass is 32.2. The Morgan fingerprint density at radius 3 is 3.00 bits per heavy atom. The third-order valence-electron chi connectivity index (χ3n) is 1.67. The Kier molecular flexibility index (Phi) is 4.21. The maximum absolute atomic E-state index is 10.9. The van der Waals surface area contributed by atoms with Crippen molar-refractivity contribution in [1.82, 2.24) is 4.37 Å². The van der Waals surface area contributed by atoms with Crippen LogP contribution in [0.4, 0.5) is 5.00 Å². The molecule has 0 spiro atoms. The van der Waals surface area contributed by atoms with Gasteiger partial charge in [-0.1, -0.05) is 0 Å². The van der Waals surface area contributed by atoms with E-state index in [0.717, 1.165) is 12.3 Å².